The number of rotatable bonds is 9. The number of carbonyl (C=O) groups excluding carboxylic acids is 1. The fraction of sp³-hybridized carbons (Fsp3) is 0.185. The lowest BCUT2D eigenvalue weighted by atomic mass is 10.1. The van der Waals surface area contributed by atoms with Gasteiger partial charge in [0.05, 0.1) is 20.2 Å². The number of para-hydroxylation sites is 1. The molecule has 0 aliphatic rings. The lowest BCUT2D eigenvalue weighted by molar-refractivity contribution is 0.0953. The van der Waals surface area contributed by atoms with Gasteiger partial charge in [0.1, 0.15) is 23.1 Å². The van der Waals surface area contributed by atoms with Gasteiger partial charge in [0.2, 0.25) is 0 Å². The first kappa shape index (κ1) is 23.7. The Kier molecular flexibility index (Phi) is 7.52. The molecule has 35 heavy (non-hydrogen) atoms. The molecule has 0 saturated carbocycles. The van der Waals surface area contributed by atoms with Crippen molar-refractivity contribution in [3.8, 4) is 5.75 Å². The highest BCUT2D eigenvalue weighted by Gasteiger charge is 2.18. The molecule has 0 radical (unpaired) electrons. The van der Waals surface area contributed by atoms with Crippen LogP contribution in [-0.2, 0) is 13.0 Å². The molecule has 8 heteroatoms. The third-order valence-corrected chi connectivity index (χ3v) is 5.77. The highest BCUT2D eigenvalue weighted by Crippen LogP contribution is 2.20. The van der Waals surface area contributed by atoms with E-state index in [-0.39, 0.29) is 24.0 Å². The second-order valence-electron chi connectivity index (χ2n) is 8.08. The van der Waals surface area contributed by atoms with E-state index >= 15 is 0 Å². The highest BCUT2D eigenvalue weighted by molar-refractivity contribution is 6.01. The van der Waals surface area contributed by atoms with Crippen LogP contribution >= 0.6 is 0 Å². The summed E-state index contributed by atoms with van der Waals surface area (Å²) >= 11 is 0. The summed E-state index contributed by atoms with van der Waals surface area (Å²) in [5.74, 6) is 0.828. The average molecular weight is 469 g/mol. The molecule has 8 nitrogen and oxygen atoms in total. The third-order valence-electron chi connectivity index (χ3n) is 5.77. The van der Waals surface area contributed by atoms with E-state index in [4.69, 9.17) is 15.6 Å². The molecular formula is C27H28N6O2. The van der Waals surface area contributed by atoms with Gasteiger partial charge in [0.15, 0.2) is 0 Å². The Balaban J connectivity index is 1.46. The van der Waals surface area contributed by atoms with Crippen LogP contribution in [0, 0.1) is 10.8 Å². The lowest BCUT2D eigenvalue weighted by Crippen LogP contribution is -2.42. The number of ether oxygens (including phenoxy) is 1. The standard InChI is InChI=1S/C27H28N6O2/c1-35-21-12-9-19(10-13-21)18-33(26(29)17-32-27(34)24-8-4-5-15-30-24)25(28)14-11-20-16-31-23-7-3-2-6-22(20)23/h2-10,12-13,15-16,28-29,31H,11,14,17-18H2,1H3,(H,32,34). The molecule has 4 aromatic rings. The van der Waals surface area contributed by atoms with Crippen LogP contribution in [0.3, 0.4) is 0 Å². The van der Waals surface area contributed by atoms with E-state index in [0.29, 0.717) is 25.2 Å². The number of hydrogen-bond acceptors (Lipinski definition) is 5. The molecule has 2 aromatic heterocycles. The highest BCUT2D eigenvalue weighted by atomic mass is 16.5. The number of amides is 1. The Labute approximate surface area is 204 Å². The molecule has 0 aliphatic heterocycles. The summed E-state index contributed by atoms with van der Waals surface area (Å²) in [6.45, 7) is 0.329. The van der Waals surface area contributed by atoms with Crippen LogP contribution in [0.15, 0.2) is 79.1 Å². The van der Waals surface area contributed by atoms with Gasteiger partial charge in [-0.15, -0.1) is 0 Å². The SMILES string of the molecule is COc1ccc(CN(C(=N)CCc2c[nH]c3ccccc23)C(=N)CNC(=O)c2ccccn2)cc1. The number of aromatic nitrogens is 2. The summed E-state index contributed by atoms with van der Waals surface area (Å²) < 4.78 is 5.24. The normalized spacial score (nSPS) is 10.7. The van der Waals surface area contributed by atoms with Gasteiger partial charge in [0, 0.05) is 29.7 Å². The minimum atomic E-state index is -0.356. The number of aryl methyl sites for hydroxylation is 1. The number of amidine groups is 2. The van der Waals surface area contributed by atoms with Gasteiger partial charge in [0.25, 0.3) is 5.91 Å². The molecule has 0 atom stereocenters. The van der Waals surface area contributed by atoms with Crippen molar-refractivity contribution < 1.29 is 9.53 Å². The minimum absolute atomic E-state index is 0.0129. The number of H-pyrrole nitrogens is 1. The van der Waals surface area contributed by atoms with Gasteiger partial charge in [-0.2, -0.15) is 0 Å². The first-order valence-corrected chi connectivity index (χ1v) is 11.3. The minimum Gasteiger partial charge on any atom is -0.497 e. The fourth-order valence-corrected chi connectivity index (χ4v) is 3.84. The van der Waals surface area contributed by atoms with Crippen molar-refractivity contribution in [2.24, 2.45) is 0 Å². The average Bonchev–Trinajstić information content (AvgIpc) is 3.32. The number of nitrogens with zero attached hydrogens (tertiary/aromatic N) is 2. The summed E-state index contributed by atoms with van der Waals surface area (Å²) in [4.78, 5) is 21.4. The van der Waals surface area contributed by atoms with Crippen molar-refractivity contribution >= 4 is 28.5 Å². The number of hydrogen-bond donors (Lipinski definition) is 4. The van der Waals surface area contributed by atoms with Crippen molar-refractivity contribution in [3.05, 3.63) is 95.9 Å². The predicted octanol–water partition coefficient (Wildman–Crippen LogP) is 4.39. The summed E-state index contributed by atoms with van der Waals surface area (Å²) in [5, 5.41) is 21.3. The summed E-state index contributed by atoms with van der Waals surface area (Å²) in [6.07, 6.45) is 4.64. The molecule has 0 saturated heterocycles. The number of methoxy groups -OCH3 is 1. The molecule has 0 fully saturated rings. The zero-order chi connectivity index (χ0) is 24.6. The van der Waals surface area contributed by atoms with E-state index in [0.717, 1.165) is 27.8 Å². The number of carbonyl (C=O) groups is 1. The van der Waals surface area contributed by atoms with E-state index in [9.17, 15) is 4.79 Å². The molecule has 1 amide bonds. The molecule has 2 heterocycles. The maximum Gasteiger partial charge on any atom is 0.270 e. The quantitative estimate of drug-likeness (QED) is 0.215. The Morgan fingerprint density at radius 2 is 1.80 bits per heavy atom. The van der Waals surface area contributed by atoms with Crippen LogP contribution < -0.4 is 10.1 Å². The summed E-state index contributed by atoms with van der Waals surface area (Å²) in [6, 6.07) is 20.7. The topological polar surface area (TPSA) is 118 Å². The Morgan fingerprint density at radius 1 is 1.03 bits per heavy atom. The van der Waals surface area contributed by atoms with Crippen molar-refractivity contribution in [1.29, 1.82) is 10.8 Å². The predicted molar refractivity (Wildman–Crippen MR) is 137 cm³/mol. The smallest absolute Gasteiger partial charge is 0.270 e. The molecule has 0 bridgehead atoms. The number of benzene rings is 2. The number of pyridine rings is 1. The van der Waals surface area contributed by atoms with Crippen LogP contribution in [0.1, 0.15) is 28.0 Å². The molecule has 0 aliphatic carbocycles. The maximum atomic E-state index is 12.4. The van der Waals surface area contributed by atoms with Crippen LogP contribution in [0.5, 0.6) is 5.75 Å². The van der Waals surface area contributed by atoms with E-state index in [2.05, 4.69) is 21.4 Å². The van der Waals surface area contributed by atoms with E-state index in [1.807, 2.05) is 48.7 Å². The second kappa shape index (κ2) is 11.1. The molecule has 2 aromatic carbocycles. The zero-order valence-electron chi connectivity index (χ0n) is 19.5. The van der Waals surface area contributed by atoms with Crippen molar-refractivity contribution in [3.63, 3.8) is 0 Å². The number of fused-ring (bicyclic) bond motifs is 1. The summed E-state index contributed by atoms with van der Waals surface area (Å²) in [5.41, 5.74) is 3.42. The molecular weight excluding hydrogens is 440 g/mol. The van der Waals surface area contributed by atoms with Gasteiger partial charge in [-0.05, 0) is 47.9 Å². The first-order chi connectivity index (χ1) is 17.0. The van der Waals surface area contributed by atoms with Crippen LogP contribution in [-0.4, -0.2) is 46.1 Å². The van der Waals surface area contributed by atoms with Crippen molar-refractivity contribution in [1.82, 2.24) is 20.2 Å². The van der Waals surface area contributed by atoms with Crippen LogP contribution in [0.4, 0.5) is 0 Å². The Bertz CT molecular complexity index is 1310. The van der Waals surface area contributed by atoms with Gasteiger partial charge >= 0.3 is 0 Å². The Morgan fingerprint density at radius 3 is 2.54 bits per heavy atom. The van der Waals surface area contributed by atoms with Gasteiger partial charge in [-0.25, -0.2) is 0 Å². The maximum absolute atomic E-state index is 12.4. The van der Waals surface area contributed by atoms with Crippen molar-refractivity contribution in [2.75, 3.05) is 13.7 Å². The second-order valence-corrected chi connectivity index (χ2v) is 8.08. The third kappa shape index (κ3) is 5.92. The van der Waals surface area contributed by atoms with Crippen LogP contribution in [0.2, 0.25) is 0 Å². The molecule has 0 unspecified atom stereocenters. The largest absolute Gasteiger partial charge is 0.497 e. The Hall–Kier alpha value is -4.46. The fourth-order valence-electron chi connectivity index (χ4n) is 3.84. The molecule has 4 N–H and O–H groups in total. The van der Waals surface area contributed by atoms with Gasteiger partial charge in [-0.1, -0.05) is 36.4 Å². The monoisotopic (exact) mass is 468 g/mol. The first-order valence-electron chi connectivity index (χ1n) is 11.3. The molecule has 0 spiro atoms. The van der Waals surface area contributed by atoms with Gasteiger partial charge < -0.3 is 19.9 Å². The number of aromatic amines is 1. The summed E-state index contributed by atoms with van der Waals surface area (Å²) in [7, 11) is 1.61. The van der Waals surface area contributed by atoms with Crippen LogP contribution in [0.25, 0.3) is 10.9 Å². The molecule has 178 valence electrons. The zero-order valence-corrected chi connectivity index (χ0v) is 19.5. The number of nitrogens with one attached hydrogen (secondary N) is 4. The van der Waals surface area contributed by atoms with E-state index in [1.54, 1.807) is 36.4 Å². The molecule has 4 rings (SSSR count). The van der Waals surface area contributed by atoms with Crippen molar-refractivity contribution in [2.45, 2.75) is 19.4 Å². The van der Waals surface area contributed by atoms with E-state index in [1.165, 1.54) is 0 Å². The van der Waals surface area contributed by atoms with Gasteiger partial charge in [-0.3, -0.25) is 20.6 Å². The van der Waals surface area contributed by atoms with E-state index < -0.39 is 0 Å². The lowest BCUT2D eigenvalue weighted by Gasteiger charge is -2.26.